The van der Waals surface area contributed by atoms with Gasteiger partial charge in [-0.25, -0.2) is 15.0 Å². The van der Waals surface area contributed by atoms with Crippen LogP contribution < -0.4 is 0 Å². The Morgan fingerprint density at radius 2 is 0.875 bits per heavy atom. The van der Waals surface area contributed by atoms with E-state index in [4.69, 9.17) is 23.8 Å². The molecule has 260 valence electrons. The maximum absolute atomic E-state index is 6.74. The molecule has 0 aliphatic rings. The summed E-state index contributed by atoms with van der Waals surface area (Å²) in [6.45, 7) is 0. The molecule has 56 heavy (non-hydrogen) atoms. The molecule has 0 spiro atoms. The molecule has 0 radical (unpaired) electrons. The minimum absolute atomic E-state index is 0.580. The molecule has 0 N–H and O–H groups in total. The molecule has 0 saturated carbocycles. The fourth-order valence-electron chi connectivity index (χ4n) is 8.35. The van der Waals surface area contributed by atoms with Crippen LogP contribution >= 0.6 is 0 Å². The lowest BCUT2D eigenvalue weighted by molar-refractivity contribution is 0.668. The van der Waals surface area contributed by atoms with Crippen molar-refractivity contribution in [3.8, 4) is 45.3 Å². The third kappa shape index (κ3) is 4.78. The second kappa shape index (κ2) is 11.9. The van der Waals surface area contributed by atoms with Gasteiger partial charge in [0.25, 0.3) is 0 Å². The second-order valence-electron chi connectivity index (χ2n) is 14.4. The van der Waals surface area contributed by atoms with Gasteiger partial charge < -0.3 is 8.83 Å². The standard InChI is InChI=1S/C51H29N3O2/c1-3-12-33-27-36(21-19-30(33)9-1)49-52-50(37-22-20-31-10-2-4-13-34(31)28-37)54-51(53-49)42-17-8-18-45-46(42)43-29-35(24-26-44(43)55-45)39-15-7-16-40-41-25-23-32-11-5-6-14-38(32)47(41)56-48(39)40/h1-29H. The van der Waals surface area contributed by atoms with Crippen molar-refractivity contribution in [3.63, 3.8) is 0 Å². The molecule has 9 aromatic carbocycles. The minimum Gasteiger partial charge on any atom is -0.456 e. The van der Waals surface area contributed by atoms with Gasteiger partial charge in [-0.1, -0.05) is 140 Å². The normalized spacial score (nSPS) is 11.9. The van der Waals surface area contributed by atoms with Crippen molar-refractivity contribution in [2.45, 2.75) is 0 Å². The van der Waals surface area contributed by atoms with Gasteiger partial charge in [0.15, 0.2) is 17.5 Å². The summed E-state index contributed by atoms with van der Waals surface area (Å²) in [5.41, 5.74) is 8.10. The summed E-state index contributed by atoms with van der Waals surface area (Å²) in [7, 11) is 0. The molecular weight excluding hydrogens is 687 g/mol. The smallest absolute Gasteiger partial charge is 0.164 e. The van der Waals surface area contributed by atoms with Crippen molar-refractivity contribution in [1.29, 1.82) is 0 Å². The number of aromatic nitrogens is 3. The van der Waals surface area contributed by atoms with Crippen molar-refractivity contribution < 1.29 is 8.83 Å². The fourth-order valence-corrected chi connectivity index (χ4v) is 8.35. The van der Waals surface area contributed by atoms with Crippen LogP contribution in [0.2, 0.25) is 0 Å². The van der Waals surface area contributed by atoms with E-state index >= 15 is 0 Å². The van der Waals surface area contributed by atoms with Crippen LogP contribution in [-0.4, -0.2) is 15.0 Å². The predicted octanol–water partition coefficient (Wildman–Crippen LogP) is 13.8. The quantitative estimate of drug-likeness (QED) is 0.181. The van der Waals surface area contributed by atoms with Gasteiger partial charge in [-0.05, 0) is 68.9 Å². The summed E-state index contributed by atoms with van der Waals surface area (Å²) < 4.78 is 13.3. The van der Waals surface area contributed by atoms with Gasteiger partial charge in [-0.3, -0.25) is 0 Å². The Labute approximate surface area is 320 Å². The Kier molecular flexibility index (Phi) is 6.56. The van der Waals surface area contributed by atoms with Crippen molar-refractivity contribution in [1.82, 2.24) is 15.0 Å². The van der Waals surface area contributed by atoms with Crippen LogP contribution in [0.4, 0.5) is 0 Å². The third-order valence-corrected chi connectivity index (χ3v) is 11.1. The van der Waals surface area contributed by atoms with Gasteiger partial charge in [0.1, 0.15) is 22.3 Å². The lowest BCUT2D eigenvalue weighted by Gasteiger charge is -2.10. The largest absolute Gasteiger partial charge is 0.456 e. The summed E-state index contributed by atoms with van der Waals surface area (Å²) in [4.78, 5) is 15.5. The molecule has 0 atom stereocenters. The summed E-state index contributed by atoms with van der Waals surface area (Å²) in [5, 5.41) is 11.0. The molecule has 12 aromatic rings. The average molecular weight is 716 g/mol. The molecule has 0 amide bonds. The van der Waals surface area contributed by atoms with Crippen molar-refractivity contribution in [2.24, 2.45) is 0 Å². The van der Waals surface area contributed by atoms with E-state index in [9.17, 15) is 0 Å². The third-order valence-electron chi connectivity index (χ3n) is 11.1. The zero-order chi connectivity index (χ0) is 36.7. The van der Waals surface area contributed by atoms with Gasteiger partial charge in [-0.15, -0.1) is 0 Å². The van der Waals surface area contributed by atoms with Crippen LogP contribution in [0, 0.1) is 0 Å². The number of hydrogen-bond donors (Lipinski definition) is 0. The number of nitrogens with zero attached hydrogens (tertiary/aromatic N) is 3. The molecule has 3 heterocycles. The Hall–Kier alpha value is -7.63. The number of furan rings is 2. The molecule has 0 aliphatic carbocycles. The molecular formula is C51H29N3O2. The SMILES string of the molecule is c1ccc2cc(-c3nc(-c4ccc5ccccc5c4)nc(-c4cccc5oc6ccc(-c7cccc8c7oc7c9ccccc9ccc87)cc6c45)n3)ccc2c1. The first kappa shape index (κ1) is 30.8. The molecule has 3 aromatic heterocycles. The van der Waals surface area contributed by atoms with E-state index in [1.165, 1.54) is 0 Å². The Balaban J connectivity index is 1.07. The van der Waals surface area contributed by atoms with Crippen LogP contribution in [0.25, 0.3) is 121 Å². The first-order chi connectivity index (χ1) is 27.7. The van der Waals surface area contributed by atoms with Gasteiger partial charge >= 0.3 is 0 Å². The number of fused-ring (bicyclic) bond motifs is 10. The zero-order valence-corrected chi connectivity index (χ0v) is 29.9. The summed E-state index contributed by atoms with van der Waals surface area (Å²) in [5.74, 6) is 1.80. The summed E-state index contributed by atoms with van der Waals surface area (Å²) in [6.07, 6.45) is 0. The Morgan fingerprint density at radius 3 is 1.62 bits per heavy atom. The van der Waals surface area contributed by atoms with E-state index in [0.717, 1.165) is 104 Å². The van der Waals surface area contributed by atoms with Crippen molar-refractivity contribution >= 4 is 76.2 Å². The van der Waals surface area contributed by atoms with Gasteiger partial charge in [0.05, 0.1) is 0 Å². The van der Waals surface area contributed by atoms with Crippen LogP contribution in [0.3, 0.4) is 0 Å². The van der Waals surface area contributed by atoms with Crippen LogP contribution in [0.1, 0.15) is 0 Å². The fraction of sp³-hybridized carbons (Fsp3) is 0. The molecule has 5 heteroatoms. The molecule has 5 nitrogen and oxygen atoms in total. The molecule has 0 unspecified atom stereocenters. The number of rotatable bonds is 4. The van der Waals surface area contributed by atoms with Crippen LogP contribution in [0.15, 0.2) is 185 Å². The highest BCUT2D eigenvalue weighted by Gasteiger charge is 2.20. The maximum atomic E-state index is 6.74. The van der Waals surface area contributed by atoms with Gasteiger partial charge in [-0.2, -0.15) is 0 Å². The first-order valence-electron chi connectivity index (χ1n) is 18.8. The van der Waals surface area contributed by atoms with E-state index in [-0.39, 0.29) is 0 Å². The van der Waals surface area contributed by atoms with Crippen LogP contribution in [0.5, 0.6) is 0 Å². The Bertz CT molecular complexity index is 3460. The highest BCUT2D eigenvalue weighted by atomic mass is 16.3. The number of hydrogen-bond acceptors (Lipinski definition) is 5. The van der Waals surface area contributed by atoms with E-state index in [0.29, 0.717) is 17.5 Å². The molecule has 0 aliphatic heterocycles. The summed E-state index contributed by atoms with van der Waals surface area (Å²) >= 11 is 0. The van der Waals surface area contributed by atoms with E-state index in [2.05, 4.69) is 164 Å². The van der Waals surface area contributed by atoms with E-state index in [1.807, 2.05) is 12.1 Å². The Morgan fingerprint density at radius 1 is 0.304 bits per heavy atom. The number of para-hydroxylation sites is 1. The second-order valence-corrected chi connectivity index (χ2v) is 14.4. The molecule has 0 bridgehead atoms. The summed E-state index contributed by atoms with van der Waals surface area (Å²) in [6, 6.07) is 61.0. The maximum Gasteiger partial charge on any atom is 0.164 e. The van der Waals surface area contributed by atoms with Crippen molar-refractivity contribution in [2.75, 3.05) is 0 Å². The highest BCUT2D eigenvalue weighted by Crippen LogP contribution is 2.42. The lowest BCUT2D eigenvalue weighted by atomic mass is 9.98. The predicted molar refractivity (Wildman–Crippen MR) is 229 cm³/mol. The van der Waals surface area contributed by atoms with Crippen LogP contribution in [-0.2, 0) is 0 Å². The van der Waals surface area contributed by atoms with E-state index < -0.39 is 0 Å². The first-order valence-corrected chi connectivity index (χ1v) is 18.8. The average Bonchev–Trinajstić information content (AvgIpc) is 3.84. The van der Waals surface area contributed by atoms with Gasteiger partial charge in [0, 0.05) is 49.2 Å². The molecule has 12 rings (SSSR count). The van der Waals surface area contributed by atoms with Gasteiger partial charge in [0.2, 0.25) is 0 Å². The van der Waals surface area contributed by atoms with E-state index in [1.54, 1.807) is 0 Å². The van der Waals surface area contributed by atoms with Crippen molar-refractivity contribution in [3.05, 3.63) is 176 Å². The zero-order valence-electron chi connectivity index (χ0n) is 29.9. The highest BCUT2D eigenvalue weighted by molar-refractivity contribution is 6.18. The molecule has 0 fully saturated rings. The topological polar surface area (TPSA) is 65.0 Å². The minimum atomic E-state index is 0.580. The monoisotopic (exact) mass is 715 g/mol. The molecule has 0 saturated heterocycles. The lowest BCUT2D eigenvalue weighted by Crippen LogP contribution is -2.00. The number of benzene rings is 9.